The third-order valence-electron chi connectivity index (χ3n) is 2.79. The Labute approximate surface area is 119 Å². The summed E-state index contributed by atoms with van der Waals surface area (Å²) < 4.78 is 5.57. The monoisotopic (exact) mass is 288 g/mol. The zero-order valence-electron chi connectivity index (χ0n) is 13.5. The average Bonchev–Trinajstić information content (AvgIpc) is 2.33. The number of nitrogens with zero attached hydrogens (tertiary/aromatic N) is 2. The van der Waals surface area contributed by atoms with Crippen LogP contribution in [0.1, 0.15) is 48.5 Å². The van der Waals surface area contributed by atoms with Gasteiger partial charge in [-0.2, -0.15) is 0 Å². The molecule has 112 valence electrons. The standard InChI is InChI=1S/C13H28N2O3Si/c1-9(2)11(5)14-16-13(7,18-19-8)17-15-12(6)10(3)4/h9-10H,19H2,1-8H3. The molecule has 0 aromatic heterocycles. The van der Waals surface area contributed by atoms with Gasteiger partial charge in [-0.05, 0) is 25.7 Å². The Hall–Kier alpha value is -0.883. The van der Waals surface area contributed by atoms with Crippen molar-refractivity contribution in [3.05, 3.63) is 0 Å². The Morgan fingerprint density at radius 1 is 0.947 bits per heavy atom. The summed E-state index contributed by atoms with van der Waals surface area (Å²) >= 11 is 0. The number of oxime groups is 2. The van der Waals surface area contributed by atoms with Crippen molar-refractivity contribution in [2.45, 2.75) is 61.0 Å². The van der Waals surface area contributed by atoms with Crippen molar-refractivity contribution < 1.29 is 14.1 Å². The minimum absolute atomic E-state index is 0.323. The third kappa shape index (κ3) is 7.32. The molecule has 0 amide bonds. The number of hydrogen-bond acceptors (Lipinski definition) is 5. The molecule has 19 heavy (non-hydrogen) atoms. The van der Waals surface area contributed by atoms with Crippen LogP contribution in [0.25, 0.3) is 0 Å². The van der Waals surface area contributed by atoms with Gasteiger partial charge in [-0.3, -0.25) is 0 Å². The second-order valence-corrected chi connectivity index (χ2v) is 6.12. The molecule has 0 aromatic rings. The molecule has 0 atom stereocenters. The summed E-state index contributed by atoms with van der Waals surface area (Å²) in [6.07, 6.45) is 0. The predicted octanol–water partition coefficient (Wildman–Crippen LogP) is 2.91. The molecule has 0 aromatic carbocycles. The predicted molar refractivity (Wildman–Crippen MR) is 82.0 cm³/mol. The van der Waals surface area contributed by atoms with E-state index < -0.39 is 15.7 Å². The van der Waals surface area contributed by atoms with Crippen LogP contribution < -0.4 is 0 Å². The summed E-state index contributed by atoms with van der Waals surface area (Å²) in [6.45, 7) is 15.7. The maximum atomic E-state index is 5.57. The second-order valence-electron chi connectivity index (χ2n) is 5.25. The van der Waals surface area contributed by atoms with E-state index >= 15 is 0 Å². The lowest BCUT2D eigenvalue weighted by atomic mass is 10.1. The average molecular weight is 288 g/mol. The van der Waals surface area contributed by atoms with Crippen LogP contribution in [0.15, 0.2) is 10.3 Å². The van der Waals surface area contributed by atoms with Crippen molar-refractivity contribution in [3.63, 3.8) is 0 Å². The highest BCUT2D eigenvalue weighted by Crippen LogP contribution is 2.16. The highest BCUT2D eigenvalue weighted by atomic mass is 28.2. The van der Waals surface area contributed by atoms with E-state index in [2.05, 4.69) is 38.0 Å². The first-order chi connectivity index (χ1) is 8.72. The van der Waals surface area contributed by atoms with E-state index in [9.17, 15) is 0 Å². The van der Waals surface area contributed by atoms with Crippen LogP contribution in [-0.2, 0) is 14.1 Å². The third-order valence-corrected chi connectivity index (χ3v) is 3.60. The molecule has 0 radical (unpaired) electrons. The van der Waals surface area contributed by atoms with E-state index in [0.29, 0.717) is 11.8 Å². The van der Waals surface area contributed by atoms with Gasteiger partial charge < -0.3 is 14.1 Å². The van der Waals surface area contributed by atoms with Crippen LogP contribution >= 0.6 is 0 Å². The Morgan fingerprint density at radius 2 is 1.32 bits per heavy atom. The van der Waals surface area contributed by atoms with Crippen molar-refractivity contribution in [2.75, 3.05) is 0 Å². The maximum Gasteiger partial charge on any atom is 0.401 e. The Morgan fingerprint density at radius 3 is 1.58 bits per heavy atom. The van der Waals surface area contributed by atoms with Gasteiger partial charge in [0.15, 0.2) is 9.76 Å². The summed E-state index contributed by atoms with van der Waals surface area (Å²) in [5.41, 5.74) is 1.78. The van der Waals surface area contributed by atoms with E-state index in [-0.39, 0.29) is 0 Å². The fourth-order valence-electron chi connectivity index (χ4n) is 0.852. The molecular formula is C13H28N2O3Si. The van der Waals surface area contributed by atoms with Gasteiger partial charge in [0, 0.05) is 6.92 Å². The summed E-state index contributed by atoms with van der Waals surface area (Å²) in [4.78, 5) is 10.8. The van der Waals surface area contributed by atoms with Crippen LogP contribution in [0.4, 0.5) is 0 Å². The Kier molecular flexibility index (Phi) is 7.93. The molecule has 0 unspecified atom stereocenters. The van der Waals surface area contributed by atoms with Gasteiger partial charge in [-0.15, -0.1) is 0 Å². The topological polar surface area (TPSA) is 52.4 Å². The molecule has 0 heterocycles. The van der Waals surface area contributed by atoms with Crippen molar-refractivity contribution in [1.29, 1.82) is 0 Å². The molecule has 0 spiro atoms. The van der Waals surface area contributed by atoms with Crippen molar-refractivity contribution in [1.82, 2.24) is 0 Å². The lowest BCUT2D eigenvalue weighted by Gasteiger charge is -2.25. The molecule has 0 saturated heterocycles. The smallest absolute Gasteiger partial charge is 0.355 e. The molecule has 0 fully saturated rings. The number of hydrogen-bond donors (Lipinski definition) is 0. The zero-order valence-corrected chi connectivity index (χ0v) is 14.9. The van der Waals surface area contributed by atoms with Crippen LogP contribution in [0, 0.1) is 11.8 Å². The minimum atomic E-state index is -1.23. The summed E-state index contributed by atoms with van der Waals surface area (Å²) in [5, 5.41) is 8.11. The molecule has 0 aliphatic carbocycles. The fraction of sp³-hybridized carbons (Fsp3) is 0.846. The van der Waals surface area contributed by atoms with Gasteiger partial charge in [0.1, 0.15) is 0 Å². The molecule has 0 aliphatic rings. The lowest BCUT2D eigenvalue weighted by Crippen LogP contribution is -2.34. The molecular weight excluding hydrogens is 260 g/mol. The zero-order chi connectivity index (χ0) is 15.1. The van der Waals surface area contributed by atoms with E-state index in [1.54, 1.807) is 6.92 Å². The first-order valence-electron chi connectivity index (χ1n) is 6.81. The largest absolute Gasteiger partial charge is 0.401 e. The van der Waals surface area contributed by atoms with E-state index in [1.165, 1.54) is 0 Å². The summed E-state index contributed by atoms with van der Waals surface area (Å²) in [5.74, 6) is -0.583. The fourth-order valence-corrected chi connectivity index (χ4v) is 1.48. The Bertz CT molecular complexity index is 302. The molecule has 6 heteroatoms. The van der Waals surface area contributed by atoms with Crippen LogP contribution in [0.3, 0.4) is 0 Å². The summed E-state index contributed by atoms with van der Waals surface area (Å²) in [7, 11) is -0.707. The highest BCUT2D eigenvalue weighted by molar-refractivity contribution is 6.24. The van der Waals surface area contributed by atoms with Crippen LogP contribution in [-0.4, -0.2) is 27.2 Å². The van der Waals surface area contributed by atoms with Gasteiger partial charge in [0.25, 0.3) is 0 Å². The van der Waals surface area contributed by atoms with Gasteiger partial charge in [0.2, 0.25) is 0 Å². The molecule has 0 bridgehead atoms. The Balaban J connectivity index is 4.76. The molecule has 0 saturated carbocycles. The van der Waals surface area contributed by atoms with E-state index in [1.807, 2.05) is 20.4 Å². The molecule has 0 aliphatic heterocycles. The van der Waals surface area contributed by atoms with Crippen molar-refractivity contribution >= 4 is 21.2 Å². The normalized spacial score (nSPS) is 17.4. The summed E-state index contributed by atoms with van der Waals surface area (Å²) in [6, 6.07) is 0. The molecule has 0 rings (SSSR count). The quantitative estimate of drug-likeness (QED) is 0.299. The van der Waals surface area contributed by atoms with Crippen LogP contribution in [0.2, 0.25) is 6.55 Å². The first-order valence-corrected chi connectivity index (χ1v) is 8.80. The number of rotatable bonds is 8. The maximum absolute atomic E-state index is 5.57. The van der Waals surface area contributed by atoms with Crippen molar-refractivity contribution in [2.24, 2.45) is 22.1 Å². The molecule has 0 N–H and O–H groups in total. The first kappa shape index (κ1) is 18.1. The van der Waals surface area contributed by atoms with Gasteiger partial charge in [-0.1, -0.05) is 44.6 Å². The van der Waals surface area contributed by atoms with Gasteiger partial charge >= 0.3 is 5.97 Å². The van der Waals surface area contributed by atoms with E-state index in [4.69, 9.17) is 14.1 Å². The SMILES string of the molecule is C[SiH2]OC(C)(ON=C(C)C(C)C)ON=C(C)C(C)C. The molecule has 5 nitrogen and oxygen atoms in total. The lowest BCUT2D eigenvalue weighted by molar-refractivity contribution is -0.335. The highest BCUT2D eigenvalue weighted by Gasteiger charge is 2.30. The van der Waals surface area contributed by atoms with Crippen LogP contribution in [0.5, 0.6) is 0 Å². The van der Waals surface area contributed by atoms with Gasteiger partial charge in [0.05, 0.1) is 11.4 Å². The van der Waals surface area contributed by atoms with E-state index in [0.717, 1.165) is 11.4 Å². The van der Waals surface area contributed by atoms with Crippen molar-refractivity contribution in [3.8, 4) is 0 Å². The van der Waals surface area contributed by atoms with Gasteiger partial charge in [-0.25, -0.2) is 0 Å². The second kappa shape index (κ2) is 8.32. The minimum Gasteiger partial charge on any atom is -0.355 e.